The van der Waals surface area contributed by atoms with Gasteiger partial charge in [-0.1, -0.05) is 0 Å². The lowest BCUT2D eigenvalue weighted by molar-refractivity contribution is 0.0697. The molecule has 0 heterocycles. The first kappa shape index (κ1) is 10.4. The number of ether oxygens (including phenoxy) is 1. The van der Waals surface area contributed by atoms with E-state index in [1.165, 1.54) is 6.07 Å². The Morgan fingerprint density at radius 2 is 2.21 bits per heavy atom. The molecule has 0 amide bonds. The lowest BCUT2D eigenvalue weighted by Gasteiger charge is -2.09. The number of carbonyl (C=O) groups is 1. The monoisotopic (exact) mass is 195 g/mol. The summed E-state index contributed by atoms with van der Waals surface area (Å²) in [5, 5.41) is 8.85. The van der Waals surface area contributed by atoms with Gasteiger partial charge in [0.25, 0.3) is 0 Å². The lowest BCUT2D eigenvalue weighted by Crippen LogP contribution is -2.05. The van der Waals surface area contributed by atoms with Gasteiger partial charge < -0.3 is 15.6 Å². The van der Waals surface area contributed by atoms with Crippen LogP contribution >= 0.6 is 0 Å². The summed E-state index contributed by atoms with van der Waals surface area (Å²) in [4.78, 5) is 10.8. The first-order valence-electron chi connectivity index (χ1n) is 4.32. The molecule has 76 valence electrons. The standard InChI is InChI=1S/C10H13NO3/c1-3-14-7-4-6(2)9(11)8(5-7)10(12)13/h4-5H,3,11H2,1-2H3,(H,12,13). The van der Waals surface area contributed by atoms with Crippen LogP contribution in [0.5, 0.6) is 5.75 Å². The van der Waals surface area contributed by atoms with E-state index in [9.17, 15) is 4.79 Å². The van der Waals surface area contributed by atoms with Gasteiger partial charge in [-0.05, 0) is 31.5 Å². The summed E-state index contributed by atoms with van der Waals surface area (Å²) in [5.74, 6) is -0.497. The molecule has 1 rings (SSSR count). The quantitative estimate of drug-likeness (QED) is 0.719. The van der Waals surface area contributed by atoms with E-state index in [-0.39, 0.29) is 5.56 Å². The van der Waals surface area contributed by atoms with Crippen LogP contribution < -0.4 is 10.5 Å². The van der Waals surface area contributed by atoms with Crippen LogP contribution in [-0.4, -0.2) is 17.7 Å². The zero-order valence-corrected chi connectivity index (χ0v) is 8.20. The van der Waals surface area contributed by atoms with Crippen LogP contribution in [0.3, 0.4) is 0 Å². The molecule has 0 unspecified atom stereocenters. The topological polar surface area (TPSA) is 72.5 Å². The highest BCUT2D eigenvalue weighted by Crippen LogP contribution is 2.24. The number of hydrogen-bond acceptors (Lipinski definition) is 3. The molecular formula is C10H13NO3. The van der Waals surface area contributed by atoms with Crippen molar-refractivity contribution in [3.05, 3.63) is 23.3 Å². The number of carboxylic acid groups (broad SMARTS) is 1. The lowest BCUT2D eigenvalue weighted by atomic mass is 10.1. The molecule has 0 aliphatic rings. The number of aromatic carboxylic acids is 1. The third kappa shape index (κ3) is 1.96. The molecule has 0 aliphatic heterocycles. The van der Waals surface area contributed by atoms with Crippen molar-refractivity contribution in [1.29, 1.82) is 0 Å². The molecule has 4 nitrogen and oxygen atoms in total. The molecule has 0 atom stereocenters. The van der Waals surface area contributed by atoms with Gasteiger partial charge in [0.1, 0.15) is 5.75 Å². The number of hydrogen-bond donors (Lipinski definition) is 2. The molecule has 3 N–H and O–H groups in total. The largest absolute Gasteiger partial charge is 0.494 e. The highest BCUT2D eigenvalue weighted by atomic mass is 16.5. The maximum absolute atomic E-state index is 10.8. The summed E-state index contributed by atoms with van der Waals surface area (Å²) in [6.07, 6.45) is 0. The van der Waals surface area contributed by atoms with E-state index < -0.39 is 5.97 Å². The Hall–Kier alpha value is -1.71. The average Bonchev–Trinajstić information content (AvgIpc) is 2.11. The molecular weight excluding hydrogens is 182 g/mol. The number of nitrogen functional groups attached to an aromatic ring is 1. The summed E-state index contributed by atoms with van der Waals surface area (Å²) in [5.41, 5.74) is 6.71. The Bertz CT molecular complexity index is 361. The summed E-state index contributed by atoms with van der Waals surface area (Å²) in [7, 11) is 0. The number of nitrogens with two attached hydrogens (primary N) is 1. The van der Waals surface area contributed by atoms with E-state index >= 15 is 0 Å². The van der Waals surface area contributed by atoms with Crippen molar-refractivity contribution in [2.75, 3.05) is 12.3 Å². The van der Waals surface area contributed by atoms with Gasteiger partial charge in [-0.2, -0.15) is 0 Å². The molecule has 0 fully saturated rings. The van der Waals surface area contributed by atoms with Crippen molar-refractivity contribution in [1.82, 2.24) is 0 Å². The number of carboxylic acids is 1. The molecule has 0 spiro atoms. The Morgan fingerprint density at radius 1 is 1.57 bits per heavy atom. The molecule has 14 heavy (non-hydrogen) atoms. The predicted molar refractivity (Wildman–Crippen MR) is 53.7 cm³/mol. The number of rotatable bonds is 3. The van der Waals surface area contributed by atoms with Gasteiger partial charge in [-0.15, -0.1) is 0 Å². The molecule has 1 aromatic carbocycles. The number of benzene rings is 1. The minimum atomic E-state index is -1.04. The molecule has 0 saturated heterocycles. The predicted octanol–water partition coefficient (Wildman–Crippen LogP) is 1.67. The van der Waals surface area contributed by atoms with Crippen LogP contribution in [-0.2, 0) is 0 Å². The Morgan fingerprint density at radius 3 is 2.71 bits per heavy atom. The zero-order valence-electron chi connectivity index (χ0n) is 8.20. The van der Waals surface area contributed by atoms with Gasteiger partial charge in [0.05, 0.1) is 12.2 Å². The third-order valence-corrected chi connectivity index (χ3v) is 1.90. The van der Waals surface area contributed by atoms with Crippen LogP contribution in [0.25, 0.3) is 0 Å². The van der Waals surface area contributed by atoms with Crippen LogP contribution in [0.1, 0.15) is 22.8 Å². The number of aryl methyl sites for hydroxylation is 1. The SMILES string of the molecule is CCOc1cc(C)c(N)c(C(=O)O)c1. The van der Waals surface area contributed by atoms with Crippen molar-refractivity contribution < 1.29 is 14.6 Å². The molecule has 1 aromatic rings. The first-order chi connectivity index (χ1) is 6.56. The van der Waals surface area contributed by atoms with E-state index in [0.29, 0.717) is 23.6 Å². The Labute approximate surface area is 82.3 Å². The van der Waals surface area contributed by atoms with Crippen molar-refractivity contribution in [3.63, 3.8) is 0 Å². The van der Waals surface area contributed by atoms with E-state index in [1.54, 1.807) is 13.0 Å². The highest BCUT2D eigenvalue weighted by molar-refractivity contribution is 5.95. The third-order valence-electron chi connectivity index (χ3n) is 1.90. The molecule has 0 radical (unpaired) electrons. The molecule has 0 bridgehead atoms. The molecule has 0 saturated carbocycles. The van der Waals surface area contributed by atoms with Crippen molar-refractivity contribution in [2.24, 2.45) is 0 Å². The second kappa shape index (κ2) is 4.00. The second-order valence-corrected chi connectivity index (χ2v) is 2.94. The fourth-order valence-electron chi connectivity index (χ4n) is 1.19. The van der Waals surface area contributed by atoms with Gasteiger partial charge in [0.15, 0.2) is 0 Å². The smallest absolute Gasteiger partial charge is 0.337 e. The van der Waals surface area contributed by atoms with Gasteiger partial charge in [0.2, 0.25) is 0 Å². The first-order valence-corrected chi connectivity index (χ1v) is 4.32. The van der Waals surface area contributed by atoms with E-state index in [4.69, 9.17) is 15.6 Å². The van der Waals surface area contributed by atoms with Crippen LogP contribution in [0.2, 0.25) is 0 Å². The Kier molecular flexibility index (Phi) is 2.96. The van der Waals surface area contributed by atoms with E-state index in [1.807, 2.05) is 6.92 Å². The van der Waals surface area contributed by atoms with E-state index in [2.05, 4.69) is 0 Å². The van der Waals surface area contributed by atoms with Crippen molar-refractivity contribution >= 4 is 11.7 Å². The fraction of sp³-hybridized carbons (Fsp3) is 0.300. The van der Waals surface area contributed by atoms with Gasteiger partial charge in [-0.3, -0.25) is 0 Å². The van der Waals surface area contributed by atoms with Crippen LogP contribution in [0.4, 0.5) is 5.69 Å². The molecule has 0 aromatic heterocycles. The number of anilines is 1. The van der Waals surface area contributed by atoms with E-state index in [0.717, 1.165) is 0 Å². The summed E-state index contributed by atoms with van der Waals surface area (Å²) >= 11 is 0. The normalized spacial score (nSPS) is 9.86. The minimum absolute atomic E-state index is 0.0912. The van der Waals surface area contributed by atoms with Gasteiger partial charge in [0, 0.05) is 5.69 Å². The fourth-order valence-corrected chi connectivity index (χ4v) is 1.19. The summed E-state index contributed by atoms with van der Waals surface area (Å²) < 4.78 is 5.21. The second-order valence-electron chi connectivity index (χ2n) is 2.94. The maximum atomic E-state index is 10.8. The van der Waals surface area contributed by atoms with Crippen LogP contribution in [0, 0.1) is 6.92 Å². The minimum Gasteiger partial charge on any atom is -0.494 e. The summed E-state index contributed by atoms with van der Waals surface area (Å²) in [6.45, 7) is 4.10. The van der Waals surface area contributed by atoms with Gasteiger partial charge >= 0.3 is 5.97 Å². The molecule has 4 heteroatoms. The van der Waals surface area contributed by atoms with Crippen LogP contribution in [0.15, 0.2) is 12.1 Å². The van der Waals surface area contributed by atoms with Crippen molar-refractivity contribution in [3.8, 4) is 5.75 Å². The summed E-state index contributed by atoms with van der Waals surface area (Å²) in [6, 6.07) is 3.17. The Balaban J connectivity index is 3.21. The van der Waals surface area contributed by atoms with Crippen molar-refractivity contribution in [2.45, 2.75) is 13.8 Å². The maximum Gasteiger partial charge on any atom is 0.337 e. The zero-order chi connectivity index (χ0) is 10.7. The average molecular weight is 195 g/mol. The highest BCUT2D eigenvalue weighted by Gasteiger charge is 2.11. The molecule has 0 aliphatic carbocycles. The van der Waals surface area contributed by atoms with Gasteiger partial charge in [-0.25, -0.2) is 4.79 Å².